The van der Waals surface area contributed by atoms with Gasteiger partial charge in [0.1, 0.15) is 6.04 Å². The topological polar surface area (TPSA) is 50.4 Å². The highest BCUT2D eigenvalue weighted by molar-refractivity contribution is 7.09. The first kappa shape index (κ1) is 10.6. The molecular formula is C10H14N2O2S. The van der Waals surface area contributed by atoms with E-state index in [0.717, 1.165) is 6.54 Å². The van der Waals surface area contributed by atoms with E-state index in [1.54, 1.807) is 11.3 Å². The average Bonchev–Trinajstić information content (AvgIpc) is 2.80. The van der Waals surface area contributed by atoms with Crippen molar-refractivity contribution in [3.05, 3.63) is 22.4 Å². The Kier molecular flexibility index (Phi) is 3.71. The molecule has 0 saturated carbocycles. The van der Waals surface area contributed by atoms with Crippen molar-refractivity contribution in [3.63, 3.8) is 0 Å². The molecule has 1 aromatic rings. The van der Waals surface area contributed by atoms with Crippen molar-refractivity contribution in [1.29, 1.82) is 0 Å². The van der Waals surface area contributed by atoms with Gasteiger partial charge in [-0.2, -0.15) is 0 Å². The first-order valence-corrected chi connectivity index (χ1v) is 5.85. The van der Waals surface area contributed by atoms with Crippen LogP contribution in [0, 0.1) is 0 Å². The molecule has 0 aromatic carbocycles. The molecule has 1 atom stereocenters. The SMILES string of the molecule is O=C(NCc1cccs1)C1COCCN1. The van der Waals surface area contributed by atoms with Gasteiger partial charge < -0.3 is 15.4 Å². The Morgan fingerprint density at radius 1 is 1.73 bits per heavy atom. The highest BCUT2D eigenvalue weighted by atomic mass is 32.1. The Labute approximate surface area is 92.6 Å². The van der Waals surface area contributed by atoms with E-state index in [-0.39, 0.29) is 11.9 Å². The monoisotopic (exact) mass is 226 g/mol. The molecule has 0 aliphatic carbocycles. The maximum Gasteiger partial charge on any atom is 0.239 e. The molecular weight excluding hydrogens is 212 g/mol. The highest BCUT2D eigenvalue weighted by Gasteiger charge is 2.20. The molecule has 15 heavy (non-hydrogen) atoms. The van der Waals surface area contributed by atoms with Crippen molar-refractivity contribution in [2.24, 2.45) is 0 Å². The molecule has 1 aliphatic heterocycles. The van der Waals surface area contributed by atoms with E-state index in [2.05, 4.69) is 10.6 Å². The van der Waals surface area contributed by atoms with Gasteiger partial charge in [-0.1, -0.05) is 6.07 Å². The number of hydrogen-bond donors (Lipinski definition) is 2. The van der Waals surface area contributed by atoms with Crippen LogP contribution >= 0.6 is 11.3 Å². The molecule has 1 saturated heterocycles. The summed E-state index contributed by atoms with van der Waals surface area (Å²) in [7, 11) is 0. The smallest absolute Gasteiger partial charge is 0.239 e. The Balaban J connectivity index is 1.76. The van der Waals surface area contributed by atoms with Crippen molar-refractivity contribution in [2.75, 3.05) is 19.8 Å². The van der Waals surface area contributed by atoms with Crippen LogP contribution in [0.5, 0.6) is 0 Å². The van der Waals surface area contributed by atoms with Crippen LogP contribution in [0.15, 0.2) is 17.5 Å². The second-order valence-corrected chi connectivity index (χ2v) is 4.41. The van der Waals surface area contributed by atoms with E-state index < -0.39 is 0 Å². The third-order valence-electron chi connectivity index (χ3n) is 2.26. The Hall–Kier alpha value is -0.910. The summed E-state index contributed by atoms with van der Waals surface area (Å²) >= 11 is 1.65. The van der Waals surface area contributed by atoms with Gasteiger partial charge in [-0.05, 0) is 11.4 Å². The number of hydrogen-bond acceptors (Lipinski definition) is 4. The van der Waals surface area contributed by atoms with Crippen LogP contribution in [0.2, 0.25) is 0 Å². The van der Waals surface area contributed by atoms with E-state index in [1.807, 2.05) is 17.5 Å². The van der Waals surface area contributed by atoms with Gasteiger partial charge in [-0.25, -0.2) is 0 Å². The maximum absolute atomic E-state index is 11.6. The van der Waals surface area contributed by atoms with Gasteiger partial charge in [-0.3, -0.25) is 4.79 Å². The zero-order chi connectivity index (χ0) is 10.5. The summed E-state index contributed by atoms with van der Waals surface area (Å²) < 4.78 is 5.22. The molecule has 0 spiro atoms. The number of nitrogens with one attached hydrogen (secondary N) is 2. The molecule has 82 valence electrons. The summed E-state index contributed by atoms with van der Waals surface area (Å²) in [6.45, 7) is 2.51. The van der Waals surface area contributed by atoms with Crippen molar-refractivity contribution < 1.29 is 9.53 Å². The summed E-state index contributed by atoms with van der Waals surface area (Å²) in [6, 6.07) is 3.79. The summed E-state index contributed by atoms with van der Waals surface area (Å²) in [6.07, 6.45) is 0. The molecule has 2 heterocycles. The Morgan fingerprint density at radius 2 is 2.67 bits per heavy atom. The number of ether oxygens (including phenoxy) is 1. The molecule has 1 aromatic heterocycles. The van der Waals surface area contributed by atoms with Crippen molar-refractivity contribution in [3.8, 4) is 0 Å². The van der Waals surface area contributed by atoms with Gasteiger partial charge in [0, 0.05) is 11.4 Å². The van der Waals surface area contributed by atoms with Crippen LogP contribution in [0.4, 0.5) is 0 Å². The number of rotatable bonds is 3. The molecule has 1 amide bonds. The van der Waals surface area contributed by atoms with Crippen molar-refractivity contribution in [1.82, 2.24) is 10.6 Å². The van der Waals surface area contributed by atoms with Crippen LogP contribution in [-0.4, -0.2) is 31.7 Å². The molecule has 1 fully saturated rings. The minimum absolute atomic E-state index is 0.0168. The highest BCUT2D eigenvalue weighted by Crippen LogP contribution is 2.07. The van der Waals surface area contributed by atoms with Gasteiger partial charge in [0.25, 0.3) is 0 Å². The Bertz CT molecular complexity index is 307. The third-order valence-corrected chi connectivity index (χ3v) is 3.13. The minimum atomic E-state index is -0.196. The molecule has 2 N–H and O–H groups in total. The fourth-order valence-electron chi connectivity index (χ4n) is 1.44. The zero-order valence-corrected chi connectivity index (χ0v) is 9.18. The van der Waals surface area contributed by atoms with E-state index in [9.17, 15) is 4.79 Å². The number of thiophene rings is 1. The zero-order valence-electron chi connectivity index (χ0n) is 8.36. The standard InChI is InChI=1S/C10H14N2O2S/c13-10(9-7-14-4-3-11-9)12-6-8-2-1-5-15-8/h1-2,5,9,11H,3-4,6-7H2,(H,12,13). The lowest BCUT2D eigenvalue weighted by molar-refractivity contribution is -0.126. The summed E-state index contributed by atoms with van der Waals surface area (Å²) in [5, 5.41) is 8.00. The first-order chi connectivity index (χ1) is 7.36. The van der Waals surface area contributed by atoms with Gasteiger partial charge in [0.2, 0.25) is 5.91 Å². The first-order valence-electron chi connectivity index (χ1n) is 4.97. The maximum atomic E-state index is 11.6. The van der Waals surface area contributed by atoms with Crippen LogP contribution in [0.25, 0.3) is 0 Å². The van der Waals surface area contributed by atoms with Crippen LogP contribution < -0.4 is 10.6 Å². The van der Waals surface area contributed by atoms with Gasteiger partial charge >= 0.3 is 0 Å². The Morgan fingerprint density at radius 3 is 3.33 bits per heavy atom. The van der Waals surface area contributed by atoms with Gasteiger partial charge in [0.15, 0.2) is 0 Å². The number of morpholine rings is 1. The molecule has 2 rings (SSSR count). The number of carbonyl (C=O) groups is 1. The van der Waals surface area contributed by atoms with Gasteiger partial charge in [0.05, 0.1) is 19.8 Å². The second-order valence-electron chi connectivity index (χ2n) is 3.38. The summed E-state index contributed by atoms with van der Waals surface area (Å²) in [5.41, 5.74) is 0. The minimum Gasteiger partial charge on any atom is -0.378 e. The molecule has 1 aliphatic rings. The van der Waals surface area contributed by atoms with Crippen LogP contribution in [0.3, 0.4) is 0 Å². The molecule has 5 heteroatoms. The fourth-order valence-corrected chi connectivity index (χ4v) is 2.09. The quantitative estimate of drug-likeness (QED) is 0.782. The lowest BCUT2D eigenvalue weighted by Crippen LogP contribution is -2.50. The normalized spacial score (nSPS) is 21.2. The summed E-state index contributed by atoms with van der Waals surface area (Å²) in [4.78, 5) is 12.8. The number of amides is 1. The van der Waals surface area contributed by atoms with Gasteiger partial charge in [-0.15, -0.1) is 11.3 Å². The molecule has 1 unspecified atom stereocenters. The molecule has 0 radical (unpaired) electrons. The summed E-state index contributed by atoms with van der Waals surface area (Å²) in [5.74, 6) is 0.0168. The second kappa shape index (κ2) is 5.25. The lowest BCUT2D eigenvalue weighted by Gasteiger charge is -2.22. The van der Waals surface area contributed by atoms with E-state index in [4.69, 9.17) is 4.74 Å². The lowest BCUT2D eigenvalue weighted by atomic mass is 10.2. The van der Waals surface area contributed by atoms with Crippen LogP contribution in [0.1, 0.15) is 4.88 Å². The van der Waals surface area contributed by atoms with E-state index in [0.29, 0.717) is 19.8 Å². The molecule has 4 nitrogen and oxygen atoms in total. The number of carbonyl (C=O) groups excluding carboxylic acids is 1. The van der Waals surface area contributed by atoms with Crippen molar-refractivity contribution in [2.45, 2.75) is 12.6 Å². The fraction of sp³-hybridized carbons (Fsp3) is 0.500. The largest absolute Gasteiger partial charge is 0.378 e. The predicted molar refractivity (Wildman–Crippen MR) is 58.8 cm³/mol. The van der Waals surface area contributed by atoms with E-state index in [1.165, 1.54) is 4.88 Å². The average molecular weight is 226 g/mol. The van der Waals surface area contributed by atoms with E-state index >= 15 is 0 Å². The van der Waals surface area contributed by atoms with Crippen LogP contribution in [-0.2, 0) is 16.1 Å². The van der Waals surface area contributed by atoms with Crippen molar-refractivity contribution >= 4 is 17.2 Å². The predicted octanol–water partition coefficient (Wildman–Crippen LogP) is 0.353. The third kappa shape index (κ3) is 3.02. The molecule has 0 bridgehead atoms.